The van der Waals surface area contributed by atoms with Gasteiger partial charge >= 0.3 is 5.97 Å². The van der Waals surface area contributed by atoms with Gasteiger partial charge < -0.3 is 9.64 Å². The fourth-order valence-electron chi connectivity index (χ4n) is 3.52. The van der Waals surface area contributed by atoms with E-state index in [1.807, 2.05) is 37.4 Å². The van der Waals surface area contributed by atoms with Crippen LogP contribution in [0.3, 0.4) is 0 Å². The average molecular weight is 403 g/mol. The average Bonchev–Trinajstić information content (AvgIpc) is 3.18. The molecule has 0 saturated carbocycles. The molecule has 0 amide bonds. The molecule has 1 fully saturated rings. The first kappa shape index (κ1) is 20.4. The molecule has 0 N–H and O–H groups in total. The van der Waals surface area contributed by atoms with E-state index in [2.05, 4.69) is 4.90 Å². The molecule has 1 saturated heterocycles. The molecular weight excluding hydrogens is 376 g/mol. The van der Waals surface area contributed by atoms with Gasteiger partial charge in [0, 0.05) is 31.9 Å². The Bertz CT molecular complexity index is 898. The van der Waals surface area contributed by atoms with Crippen molar-refractivity contribution >= 4 is 21.7 Å². The summed E-state index contributed by atoms with van der Waals surface area (Å²) in [4.78, 5) is 14.1. The lowest BCUT2D eigenvalue weighted by molar-refractivity contribution is 0.0526. The van der Waals surface area contributed by atoms with Crippen molar-refractivity contribution in [1.82, 2.24) is 4.31 Å². The van der Waals surface area contributed by atoms with Crippen molar-refractivity contribution in [2.75, 3.05) is 31.6 Å². The zero-order valence-electron chi connectivity index (χ0n) is 16.2. The summed E-state index contributed by atoms with van der Waals surface area (Å²) >= 11 is 0. The van der Waals surface area contributed by atoms with Crippen molar-refractivity contribution in [3.8, 4) is 0 Å². The number of sulfonamides is 1. The molecule has 0 aromatic heterocycles. The van der Waals surface area contributed by atoms with Crippen LogP contribution < -0.4 is 4.90 Å². The number of carbonyl (C=O) groups is 1. The van der Waals surface area contributed by atoms with Crippen LogP contribution in [0.5, 0.6) is 0 Å². The van der Waals surface area contributed by atoms with Crippen LogP contribution in [0.1, 0.15) is 30.1 Å². The number of anilines is 1. The maximum Gasteiger partial charge on any atom is 0.338 e. The summed E-state index contributed by atoms with van der Waals surface area (Å²) in [6, 6.07) is 15.8. The molecule has 0 radical (unpaired) electrons. The fraction of sp³-hybridized carbons (Fsp3) is 0.381. The zero-order valence-corrected chi connectivity index (χ0v) is 17.1. The van der Waals surface area contributed by atoms with Crippen LogP contribution in [0.25, 0.3) is 0 Å². The van der Waals surface area contributed by atoms with E-state index in [1.54, 1.807) is 11.2 Å². The number of benzene rings is 2. The first-order valence-electron chi connectivity index (χ1n) is 9.48. The van der Waals surface area contributed by atoms with Gasteiger partial charge in [0.1, 0.15) is 0 Å². The molecule has 1 heterocycles. The summed E-state index contributed by atoms with van der Waals surface area (Å²) in [5, 5.41) is 0. The van der Waals surface area contributed by atoms with E-state index >= 15 is 0 Å². The minimum atomic E-state index is -3.62. The number of likely N-dealkylation sites (N-methyl/N-ethyl adjacent to an activating group) is 1. The predicted octanol–water partition coefficient (Wildman–Crippen LogP) is 3.15. The van der Waals surface area contributed by atoms with Crippen LogP contribution in [0, 0.1) is 0 Å². The highest BCUT2D eigenvalue weighted by Crippen LogP contribution is 2.27. The van der Waals surface area contributed by atoms with Crippen molar-refractivity contribution in [2.24, 2.45) is 0 Å². The lowest BCUT2D eigenvalue weighted by atomic mass is 10.2. The highest BCUT2D eigenvalue weighted by atomic mass is 32.2. The summed E-state index contributed by atoms with van der Waals surface area (Å²) in [7, 11) is -1.64. The van der Waals surface area contributed by atoms with Gasteiger partial charge in [-0.3, -0.25) is 0 Å². The monoisotopic (exact) mass is 402 g/mol. The molecule has 2 aromatic carbocycles. The normalized spacial score (nSPS) is 17.4. The number of hydrogen-bond acceptors (Lipinski definition) is 5. The van der Waals surface area contributed by atoms with E-state index in [0.717, 1.165) is 18.5 Å². The molecular formula is C21H26N2O4S. The first-order chi connectivity index (χ1) is 13.4. The summed E-state index contributed by atoms with van der Waals surface area (Å²) in [5.41, 5.74) is 1.41. The van der Waals surface area contributed by atoms with Gasteiger partial charge in [-0.05, 0) is 56.2 Å². The van der Waals surface area contributed by atoms with Gasteiger partial charge in [-0.1, -0.05) is 18.2 Å². The molecule has 3 rings (SSSR count). The Balaban J connectivity index is 1.75. The third kappa shape index (κ3) is 4.36. The summed E-state index contributed by atoms with van der Waals surface area (Å²) in [6.07, 6.45) is 1.67. The maximum atomic E-state index is 13.2. The van der Waals surface area contributed by atoms with Gasteiger partial charge in [0.2, 0.25) is 10.0 Å². The first-order valence-corrected chi connectivity index (χ1v) is 10.9. The highest BCUT2D eigenvalue weighted by Gasteiger charge is 2.35. The standard InChI is InChI=1S/C21H26N2O4S/c1-3-27-21(24)17-11-13-20(14-12-17)28(25,26)23-15-7-10-19(23)16-22(2)18-8-5-4-6-9-18/h4-6,8-9,11-14,19H,3,7,10,15-16H2,1-2H3. The van der Waals surface area contributed by atoms with E-state index in [-0.39, 0.29) is 17.5 Å². The van der Waals surface area contributed by atoms with Gasteiger partial charge in [0.25, 0.3) is 0 Å². The van der Waals surface area contributed by atoms with Gasteiger partial charge in [0.15, 0.2) is 0 Å². The van der Waals surface area contributed by atoms with Crippen molar-refractivity contribution < 1.29 is 17.9 Å². The van der Waals surface area contributed by atoms with E-state index in [4.69, 9.17) is 4.74 Å². The van der Waals surface area contributed by atoms with Crippen LogP contribution in [0.4, 0.5) is 5.69 Å². The molecule has 1 aliphatic rings. The van der Waals surface area contributed by atoms with Crippen LogP contribution in [-0.2, 0) is 14.8 Å². The Morgan fingerprint density at radius 2 is 1.82 bits per heavy atom. The number of ether oxygens (including phenoxy) is 1. The summed E-state index contributed by atoms with van der Waals surface area (Å²) in [5.74, 6) is -0.449. The largest absolute Gasteiger partial charge is 0.462 e. The zero-order chi connectivity index (χ0) is 20.1. The minimum absolute atomic E-state index is 0.0834. The number of rotatable bonds is 7. The molecule has 6 nitrogen and oxygen atoms in total. The Morgan fingerprint density at radius 1 is 1.14 bits per heavy atom. The third-order valence-electron chi connectivity index (χ3n) is 4.98. The highest BCUT2D eigenvalue weighted by molar-refractivity contribution is 7.89. The van der Waals surface area contributed by atoms with Crippen LogP contribution in [0.2, 0.25) is 0 Å². The summed E-state index contributed by atoms with van der Waals surface area (Å²) < 4.78 is 32.9. The van der Waals surface area contributed by atoms with Gasteiger partial charge in [-0.25, -0.2) is 13.2 Å². The van der Waals surface area contributed by atoms with E-state index < -0.39 is 16.0 Å². The van der Waals surface area contributed by atoms with Gasteiger partial charge in [0.05, 0.1) is 17.1 Å². The van der Waals surface area contributed by atoms with Crippen LogP contribution in [-0.4, -0.2) is 51.5 Å². The van der Waals surface area contributed by atoms with Crippen molar-refractivity contribution in [2.45, 2.75) is 30.7 Å². The summed E-state index contributed by atoms with van der Waals surface area (Å²) in [6.45, 7) is 3.15. The number of carbonyl (C=O) groups excluding carboxylic acids is 1. The predicted molar refractivity (Wildman–Crippen MR) is 109 cm³/mol. The number of hydrogen-bond donors (Lipinski definition) is 0. The second-order valence-electron chi connectivity index (χ2n) is 6.87. The Hall–Kier alpha value is -2.38. The molecule has 2 aromatic rings. The van der Waals surface area contributed by atoms with Crippen molar-refractivity contribution in [3.63, 3.8) is 0 Å². The second kappa shape index (κ2) is 8.75. The molecule has 0 bridgehead atoms. The number of para-hydroxylation sites is 1. The van der Waals surface area contributed by atoms with E-state index in [9.17, 15) is 13.2 Å². The molecule has 1 atom stereocenters. The Labute approximate surface area is 166 Å². The van der Waals surface area contributed by atoms with Crippen molar-refractivity contribution in [3.05, 3.63) is 60.2 Å². The van der Waals surface area contributed by atoms with Gasteiger partial charge in [-0.15, -0.1) is 0 Å². The fourth-order valence-corrected chi connectivity index (χ4v) is 5.21. The molecule has 0 aliphatic carbocycles. The smallest absolute Gasteiger partial charge is 0.338 e. The lowest BCUT2D eigenvalue weighted by Crippen LogP contribution is -2.42. The van der Waals surface area contributed by atoms with Crippen LogP contribution in [0.15, 0.2) is 59.5 Å². The minimum Gasteiger partial charge on any atom is -0.462 e. The lowest BCUT2D eigenvalue weighted by Gasteiger charge is -2.29. The van der Waals surface area contributed by atoms with E-state index in [1.165, 1.54) is 24.3 Å². The SMILES string of the molecule is CCOC(=O)c1ccc(S(=O)(=O)N2CCCC2CN(C)c2ccccc2)cc1. The Kier molecular flexibility index (Phi) is 6.36. The molecule has 28 heavy (non-hydrogen) atoms. The van der Waals surface area contributed by atoms with E-state index in [0.29, 0.717) is 18.7 Å². The van der Waals surface area contributed by atoms with Gasteiger partial charge in [-0.2, -0.15) is 4.31 Å². The quantitative estimate of drug-likeness (QED) is 0.666. The topological polar surface area (TPSA) is 66.9 Å². The van der Waals surface area contributed by atoms with Crippen molar-refractivity contribution in [1.29, 1.82) is 0 Å². The molecule has 1 aliphatic heterocycles. The maximum absolute atomic E-state index is 13.2. The third-order valence-corrected chi connectivity index (χ3v) is 6.94. The molecule has 7 heteroatoms. The number of nitrogens with zero attached hydrogens (tertiary/aromatic N) is 2. The number of esters is 1. The van der Waals surface area contributed by atoms with Crippen LogP contribution >= 0.6 is 0 Å². The molecule has 1 unspecified atom stereocenters. The Morgan fingerprint density at radius 3 is 2.46 bits per heavy atom. The molecule has 150 valence electrons. The molecule has 0 spiro atoms. The second-order valence-corrected chi connectivity index (χ2v) is 8.76.